The van der Waals surface area contributed by atoms with E-state index >= 15 is 0 Å². The van der Waals surface area contributed by atoms with E-state index in [1.54, 1.807) is 25.1 Å². The van der Waals surface area contributed by atoms with Crippen molar-refractivity contribution in [3.63, 3.8) is 0 Å². The molecule has 0 aliphatic rings. The number of hydrogen-bond acceptors (Lipinski definition) is 4. The SMILES string of the molecule is CCOC(=O)c1nnn(Cc2cccc(Br)c2)c1C(F)F. The molecule has 0 aliphatic heterocycles. The molecule has 2 rings (SSSR count). The fraction of sp³-hybridized carbons (Fsp3) is 0.308. The zero-order chi connectivity index (χ0) is 15.4. The third kappa shape index (κ3) is 3.63. The highest BCUT2D eigenvalue weighted by molar-refractivity contribution is 9.10. The maximum atomic E-state index is 13.2. The summed E-state index contributed by atoms with van der Waals surface area (Å²) in [6.45, 7) is 1.76. The zero-order valence-corrected chi connectivity index (χ0v) is 12.7. The van der Waals surface area contributed by atoms with E-state index < -0.39 is 23.8 Å². The van der Waals surface area contributed by atoms with Crippen LogP contribution in [0.3, 0.4) is 0 Å². The van der Waals surface area contributed by atoms with Crippen LogP contribution in [0.15, 0.2) is 28.7 Å². The van der Waals surface area contributed by atoms with E-state index in [1.165, 1.54) is 0 Å². The molecule has 8 heteroatoms. The lowest BCUT2D eigenvalue weighted by molar-refractivity contribution is 0.0506. The maximum Gasteiger partial charge on any atom is 0.361 e. The normalized spacial score (nSPS) is 10.9. The molecule has 0 atom stereocenters. The van der Waals surface area contributed by atoms with Gasteiger partial charge in [-0.2, -0.15) is 0 Å². The standard InChI is InChI=1S/C13H12BrF2N3O2/c1-2-21-13(20)10-11(12(15)16)19(18-17-10)7-8-4-3-5-9(14)6-8/h3-6,12H,2,7H2,1H3. The minimum atomic E-state index is -2.87. The maximum absolute atomic E-state index is 13.2. The van der Waals surface area contributed by atoms with E-state index in [0.29, 0.717) is 0 Å². The second-order valence-electron chi connectivity index (χ2n) is 4.13. The molecule has 0 saturated carbocycles. The van der Waals surface area contributed by atoms with E-state index in [-0.39, 0.29) is 13.2 Å². The van der Waals surface area contributed by atoms with Gasteiger partial charge < -0.3 is 4.74 Å². The zero-order valence-electron chi connectivity index (χ0n) is 11.1. The highest BCUT2D eigenvalue weighted by Gasteiger charge is 2.27. The van der Waals surface area contributed by atoms with Gasteiger partial charge in [0.1, 0.15) is 5.69 Å². The summed E-state index contributed by atoms with van der Waals surface area (Å²) in [7, 11) is 0. The topological polar surface area (TPSA) is 57.0 Å². The van der Waals surface area contributed by atoms with Gasteiger partial charge in [-0.15, -0.1) is 5.10 Å². The fourth-order valence-electron chi connectivity index (χ4n) is 1.81. The number of rotatable bonds is 5. The first-order valence-electron chi connectivity index (χ1n) is 6.16. The summed E-state index contributed by atoms with van der Waals surface area (Å²) in [6, 6.07) is 7.15. The smallest absolute Gasteiger partial charge is 0.361 e. The Bertz CT molecular complexity index is 646. The summed E-state index contributed by atoms with van der Waals surface area (Å²) in [4.78, 5) is 11.6. The van der Waals surface area contributed by atoms with E-state index in [2.05, 4.69) is 26.2 Å². The van der Waals surface area contributed by atoms with Crippen molar-refractivity contribution in [1.29, 1.82) is 0 Å². The number of carbonyl (C=O) groups excluding carboxylic acids is 1. The third-order valence-electron chi connectivity index (χ3n) is 2.67. The molecule has 0 bridgehead atoms. The Kier molecular flexibility index (Phi) is 5.00. The van der Waals surface area contributed by atoms with Crippen LogP contribution >= 0.6 is 15.9 Å². The molecule has 0 aliphatic carbocycles. The first-order chi connectivity index (χ1) is 10.0. The van der Waals surface area contributed by atoms with Crippen LogP contribution < -0.4 is 0 Å². The lowest BCUT2D eigenvalue weighted by Crippen LogP contribution is -2.12. The molecule has 0 unspecified atom stereocenters. The van der Waals surface area contributed by atoms with Crippen LogP contribution in [0.5, 0.6) is 0 Å². The van der Waals surface area contributed by atoms with Crippen LogP contribution in [-0.2, 0) is 11.3 Å². The molecule has 1 aromatic heterocycles. The van der Waals surface area contributed by atoms with Gasteiger partial charge in [0, 0.05) is 4.47 Å². The summed E-state index contributed by atoms with van der Waals surface area (Å²) in [5, 5.41) is 7.16. The van der Waals surface area contributed by atoms with Crippen LogP contribution in [0, 0.1) is 0 Å². The Balaban J connectivity index is 2.34. The average molecular weight is 360 g/mol. The molecule has 2 aromatic rings. The predicted molar refractivity (Wildman–Crippen MR) is 74.2 cm³/mol. The van der Waals surface area contributed by atoms with Crippen molar-refractivity contribution in [2.24, 2.45) is 0 Å². The number of halogens is 3. The van der Waals surface area contributed by atoms with Gasteiger partial charge in [0.05, 0.1) is 13.2 Å². The van der Waals surface area contributed by atoms with Crippen LogP contribution in [0.1, 0.15) is 35.1 Å². The number of nitrogens with zero attached hydrogens (tertiary/aromatic N) is 3. The Morgan fingerprint density at radius 1 is 1.48 bits per heavy atom. The number of benzene rings is 1. The van der Waals surface area contributed by atoms with Gasteiger partial charge in [0.25, 0.3) is 6.43 Å². The molecule has 1 aromatic carbocycles. The fourth-order valence-corrected chi connectivity index (χ4v) is 2.25. The van der Waals surface area contributed by atoms with Crippen molar-refractivity contribution in [3.05, 3.63) is 45.7 Å². The molecular weight excluding hydrogens is 348 g/mol. The molecule has 0 amide bonds. The van der Waals surface area contributed by atoms with Gasteiger partial charge in [0.15, 0.2) is 5.69 Å². The van der Waals surface area contributed by atoms with Gasteiger partial charge in [-0.05, 0) is 24.6 Å². The monoisotopic (exact) mass is 359 g/mol. The summed E-state index contributed by atoms with van der Waals surface area (Å²) in [6.07, 6.45) is -2.87. The lowest BCUT2D eigenvalue weighted by Gasteiger charge is -2.07. The average Bonchev–Trinajstić information content (AvgIpc) is 2.83. The van der Waals surface area contributed by atoms with Crippen LogP contribution in [0.2, 0.25) is 0 Å². The van der Waals surface area contributed by atoms with Gasteiger partial charge >= 0.3 is 5.97 Å². The minimum absolute atomic E-state index is 0.0833. The Hall–Kier alpha value is -1.83. The third-order valence-corrected chi connectivity index (χ3v) is 3.16. The second-order valence-corrected chi connectivity index (χ2v) is 5.05. The van der Waals surface area contributed by atoms with Crippen molar-refractivity contribution in [3.8, 4) is 0 Å². The Labute approximate surface area is 128 Å². The van der Waals surface area contributed by atoms with Crippen molar-refractivity contribution in [1.82, 2.24) is 15.0 Å². The number of alkyl halides is 2. The van der Waals surface area contributed by atoms with Crippen molar-refractivity contribution < 1.29 is 18.3 Å². The molecule has 1 heterocycles. The van der Waals surface area contributed by atoms with Gasteiger partial charge in [-0.3, -0.25) is 0 Å². The van der Waals surface area contributed by atoms with E-state index in [1.807, 2.05) is 6.07 Å². The van der Waals surface area contributed by atoms with Crippen LogP contribution in [0.4, 0.5) is 8.78 Å². The second kappa shape index (κ2) is 6.75. The first-order valence-corrected chi connectivity index (χ1v) is 6.95. The molecule has 112 valence electrons. The van der Waals surface area contributed by atoms with E-state index in [4.69, 9.17) is 4.74 Å². The molecule has 5 nitrogen and oxygen atoms in total. The van der Waals surface area contributed by atoms with Crippen molar-refractivity contribution in [2.45, 2.75) is 19.9 Å². The lowest BCUT2D eigenvalue weighted by atomic mass is 10.2. The number of esters is 1. The molecule has 0 saturated heterocycles. The van der Waals surface area contributed by atoms with Crippen molar-refractivity contribution in [2.75, 3.05) is 6.61 Å². The number of aromatic nitrogens is 3. The summed E-state index contributed by atoms with van der Waals surface area (Å²) in [5.41, 5.74) is -0.221. The van der Waals surface area contributed by atoms with Gasteiger partial charge in [-0.1, -0.05) is 33.3 Å². The highest BCUT2D eigenvalue weighted by Crippen LogP contribution is 2.23. The highest BCUT2D eigenvalue weighted by atomic mass is 79.9. The largest absolute Gasteiger partial charge is 0.461 e. The van der Waals surface area contributed by atoms with Crippen LogP contribution in [-0.4, -0.2) is 27.6 Å². The van der Waals surface area contributed by atoms with E-state index in [0.717, 1.165) is 14.7 Å². The summed E-state index contributed by atoms with van der Waals surface area (Å²) < 4.78 is 32.9. The van der Waals surface area contributed by atoms with Gasteiger partial charge in [0.2, 0.25) is 0 Å². The number of carbonyl (C=O) groups is 1. The van der Waals surface area contributed by atoms with E-state index in [9.17, 15) is 13.6 Å². The Morgan fingerprint density at radius 2 is 2.24 bits per heavy atom. The Morgan fingerprint density at radius 3 is 2.86 bits per heavy atom. The molecule has 21 heavy (non-hydrogen) atoms. The summed E-state index contributed by atoms with van der Waals surface area (Å²) >= 11 is 3.30. The molecule has 0 N–H and O–H groups in total. The minimum Gasteiger partial charge on any atom is -0.461 e. The molecule has 0 radical (unpaired) electrons. The van der Waals surface area contributed by atoms with Crippen LogP contribution in [0.25, 0.3) is 0 Å². The quantitative estimate of drug-likeness (QED) is 0.769. The molecule has 0 spiro atoms. The predicted octanol–water partition coefficient (Wildman–Crippen LogP) is 3.20. The molecule has 0 fully saturated rings. The summed E-state index contributed by atoms with van der Waals surface area (Å²) in [5.74, 6) is -0.895. The molecular formula is C13H12BrF2N3O2. The first kappa shape index (κ1) is 15.6. The number of hydrogen-bond donors (Lipinski definition) is 0. The van der Waals surface area contributed by atoms with Crippen molar-refractivity contribution >= 4 is 21.9 Å². The van der Waals surface area contributed by atoms with Gasteiger partial charge in [-0.25, -0.2) is 18.3 Å². The number of ether oxygens (including phenoxy) is 1.